The molecule has 2 aromatic rings. The molecule has 0 aliphatic carbocycles. The summed E-state index contributed by atoms with van der Waals surface area (Å²) in [4.78, 5) is 14.9. The largest absolute Gasteiger partial charge is 0.365 e. The van der Waals surface area contributed by atoms with Gasteiger partial charge in [0.25, 0.3) is 5.91 Å². The summed E-state index contributed by atoms with van der Waals surface area (Å²) in [5.74, 6) is -0.447. The molecule has 154 valence electrons. The number of carbonyl (C=O) groups excluding carboxylic acids is 1. The lowest BCUT2D eigenvalue weighted by Crippen LogP contribution is -2.42. The fraction of sp³-hybridized carbons (Fsp3) is 0.280. The summed E-state index contributed by atoms with van der Waals surface area (Å²) in [6, 6.07) is 13.4. The molecule has 0 spiro atoms. The number of anilines is 2. The highest BCUT2D eigenvalue weighted by atomic mass is 35.5. The summed E-state index contributed by atoms with van der Waals surface area (Å²) >= 11 is 6.55. The summed E-state index contributed by atoms with van der Waals surface area (Å²) in [5, 5.41) is 13.0. The molecule has 0 saturated heterocycles. The number of hydrogen-bond acceptors (Lipinski definition) is 3. The number of carbonyl (C=O) groups is 1. The van der Waals surface area contributed by atoms with Crippen molar-refractivity contribution in [2.75, 3.05) is 17.3 Å². The van der Waals surface area contributed by atoms with Crippen LogP contribution in [0.15, 0.2) is 48.0 Å². The molecule has 0 bridgehead atoms. The number of rotatable bonds is 4. The van der Waals surface area contributed by atoms with Gasteiger partial charge in [-0.3, -0.25) is 4.79 Å². The highest BCUT2D eigenvalue weighted by Gasteiger charge is 2.29. The minimum Gasteiger partial charge on any atom is -0.365 e. The van der Waals surface area contributed by atoms with Crippen molar-refractivity contribution in [3.05, 3.63) is 69.8 Å². The number of nitriles is 1. The number of fused-ring (bicyclic) bond motifs is 1. The van der Waals surface area contributed by atoms with Crippen LogP contribution in [0.2, 0.25) is 5.02 Å². The molecule has 3 rings (SSSR count). The minimum absolute atomic E-state index is 0.00822. The van der Waals surface area contributed by atoms with Gasteiger partial charge in [-0.2, -0.15) is 5.26 Å². The lowest BCUT2D eigenvalue weighted by Gasteiger charge is -2.40. The number of halogens is 1. The van der Waals surface area contributed by atoms with E-state index < -0.39 is 5.91 Å². The number of nitrogens with one attached hydrogen (secondary N) is 1. The van der Waals surface area contributed by atoms with Crippen molar-refractivity contribution in [2.24, 2.45) is 0 Å². The number of nitrogens with zero attached hydrogens (tertiary/aromatic N) is 2. The summed E-state index contributed by atoms with van der Waals surface area (Å²) < 4.78 is 0. The predicted octanol–water partition coefficient (Wildman–Crippen LogP) is 6.08. The predicted molar refractivity (Wildman–Crippen MR) is 126 cm³/mol. The molecule has 0 radical (unpaired) electrons. The van der Waals surface area contributed by atoms with E-state index in [0.29, 0.717) is 16.3 Å². The van der Waals surface area contributed by atoms with Gasteiger partial charge in [0.2, 0.25) is 0 Å². The van der Waals surface area contributed by atoms with E-state index in [1.54, 1.807) is 6.08 Å². The molecular formula is C25H26ClN3O. The molecule has 5 heteroatoms. The van der Waals surface area contributed by atoms with Gasteiger partial charge in [0.1, 0.15) is 11.6 Å². The molecule has 1 N–H and O–H groups in total. The summed E-state index contributed by atoms with van der Waals surface area (Å²) in [6.45, 7) is 8.38. The molecule has 4 nitrogen and oxygen atoms in total. The molecule has 0 atom stereocenters. The fourth-order valence-corrected chi connectivity index (χ4v) is 3.96. The Morgan fingerprint density at radius 1 is 1.30 bits per heavy atom. The molecule has 1 heterocycles. The highest BCUT2D eigenvalue weighted by Crippen LogP contribution is 2.40. The van der Waals surface area contributed by atoms with Crippen molar-refractivity contribution < 1.29 is 4.79 Å². The first-order chi connectivity index (χ1) is 14.2. The third kappa shape index (κ3) is 4.13. The Labute approximate surface area is 183 Å². The minimum atomic E-state index is -0.447. The normalized spacial score (nSPS) is 15.2. The summed E-state index contributed by atoms with van der Waals surface area (Å²) in [6.07, 6.45) is 4.55. The topological polar surface area (TPSA) is 56.1 Å². The van der Waals surface area contributed by atoms with E-state index in [1.807, 2.05) is 56.4 Å². The zero-order valence-corrected chi connectivity index (χ0v) is 18.8. The Balaban J connectivity index is 1.98. The van der Waals surface area contributed by atoms with Crippen LogP contribution in [0.3, 0.4) is 0 Å². The van der Waals surface area contributed by atoms with Gasteiger partial charge in [-0.25, -0.2) is 0 Å². The highest BCUT2D eigenvalue weighted by molar-refractivity contribution is 6.32. The van der Waals surface area contributed by atoms with Crippen LogP contribution in [0.25, 0.3) is 11.6 Å². The Hall–Kier alpha value is -3.03. The lowest BCUT2D eigenvalue weighted by molar-refractivity contribution is -0.112. The van der Waals surface area contributed by atoms with E-state index in [4.69, 9.17) is 11.6 Å². The first-order valence-corrected chi connectivity index (χ1v) is 10.3. The molecule has 0 aromatic heterocycles. The maximum absolute atomic E-state index is 12.8. The maximum atomic E-state index is 12.8. The molecular weight excluding hydrogens is 394 g/mol. The molecule has 0 fully saturated rings. The van der Waals surface area contributed by atoms with Crippen LogP contribution in [0.4, 0.5) is 11.4 Å². The molecule has 2 aromatic carbocycles. The van der Waals surface area contributed by atoms with E-state index in [9.17, 15) is 10.1 Å². The maximum Gasteiger partial charge on any atom is 0.266 e. The van der Waals surface area contributed by atoms with E-state index in [2.05, 4.69) is 37.1 Å². The number of amides is 1. The van der Waals surface area contributed by atoms with Gasteiger partial charge in [-0.1, -0.05) is 42.8 Å². The van der Waals surface area contributed by atoms with Gasteiger partial charge in [0.15, 0.2) is 0 Å². The van der Waals surface area contributed by atoms with Crippen molar-refractivity contribution in [1.82, 2.24) is 0 Å². The fourth-order valence-electron chi connectivity index (χ4n) is 3.74. The SMILES string of the molecule is CCc1ccccc1NC(=O)/C(C#N)=C\c1cc2c(cc1Cl)N(C)C(C)(C)C=C2C. The second-order valence-electron chi connectivity index (χ2n) is 8.07. The van der Waals surface area contributed by atoms with Gasteiger partial charge < -0.3 is 10.2 Å². The second kappa shape index (κ2) is 8.38. The van der Waals surface area contributed by atoms with Crippen LogP contribution in [-0.2, 0) is 11.2 Å². The van der Waals surface area contributed by atoms with E-state index in [1.165, 1.54) is 0 Å². The average Bonchev–Trinajstić information content (AvgIpc) is 2.71. The summed E-state index contributed by atoms with van der Waals surface area (Å²) in [5.41, 5.74) is 5.47. The van der Waals surface area contributed by atoms with Crippen molar-refractivity contribution >= 4 is 40.5 Å². The zero-order valence-electron chi connectivity index (χ0n) is 18.0. The lowest BCUT2D eigenvalue weighted by atomic mass is 9.88. The molecule has 1 aliphatic rings. The molecule has 0 saturated carbocycles. The number of allylic oxidation sites excluding steroid dienone is 1. The standard InChI is InChI=1S/C25H26ClN3O/c1-6-17-9-7-8-10-22(17)28-24(30)19(15-27)11-18-12-20-16(2)14-25(3,4)29(5)23(20)13-21(18)26/h7-14H,6H2,1-5H3,(H,28,30)/b19-11-. The van der Waals surface area contributed by atoms with Crippen LogP contribution >= 0.6 is 11.6 Å². The Bertz CT molecular complexity index is 1110. The van der Waals surface area contributed by atoms with E-state index in [0.717, 1.165) is 28.8 Å². The average molecular weight is 420 g/mol. The number of likely N-dealkylation sites (N-methyl/N-ethyl adjacent to an activating group) is 1. The number of benzene rings is 2. The smallest absolute Gasteiger partial charge is 0.266 e. The monoisotopic (exact) mass is 419 g/mol. The quantitative estimate of drug-likeness (QED) is 0.482. The van der Waals surface area contributed by atoms with Gasteiger partial charge in [-0.05, 0) is 68.2 Å². The zero-order chi connectivity index (χ0) is 22.1. The first kappa shape index (κ1) is 21.7. The van der Waals surface area contributed by atoms with Crippen molar-refractivity contribution in [2.45, 2.75) is 39.7 Å². The van der Waals surface area contributed by atoms with E-state index in [-0.39, 0.29) is 11.1 Å². The summed E-state index contributed by atoms with van der Waals surface area (Å²) in [7, 11) is 2.03. The first-order valence-electron chi connectivity index (χ1n) is 9.96. The molecule has 30 heavy (non-hydrogen) atoms. The van der Waals surface area contributed by atoms with Crippen LogP contribution in [-0.4, -0.2) is 18.5 Å². The van der Waals surface area contributed by atoms with Gasteiger partial charge >= 0.3 is 0 Å². The Morgan fingerprint density at radius 3 is 2.67 bits per heavy atom. The van der Waals surface area contributed by atoms with Crippen molar-refractivity contribution in [1.29, 1.82) is 5.26 Å². The van der Waals surface area contributed by atoms with Crippen LogP contribution in [0.1, 0.15) is 44.4 Å². The molecule has 0 unspecified atom stereocenters. The second-order valence-corrected chi connectivity index (χ2v) is 8.47. The van der Waals surface area contributed by atoms with Crippen LogP contribution < -0.4 is 10.2 Å². The third-order valence-corrected chi connectivity index (χ3v) is 5.97. The number of para-hydroxylation sites is 1. The van der Waals surface area contributed by atoms with Crippen LogP contribution in [0, 0.1) is 11.3 Å². The number of aryl methyl sites for hydroxylation is 1. The molecule has 1 amide bonds. The van der Waals surface area contributed by atoms with Crippen molar-refractivity contribution in [3.8, 4) is 6.07 Å². The van der Waals surface area contributed by atoms with Crippen LogP contribution in [0.5, 0.6) is 0 Å². The Kier molecular flexibility index (Phi) is 6.05. The molecule has 1 aliphatic heterocycles. The third-order valence-electron chi connectivity index (χ3n) is 5.65. The Morgan fingerprint density at radius 2 is 2.00 bits per heavy atom. The van der Waals surface area contributed by atoms with Crippen molar-refractivity contribution in [3.63, 3.8) is 0 Å². The van der Waals surface area contributed by atoms with Gasteiger partial charge in [0, 0.05) is 29.0 Å². The number of hydrogen-bond donors (Lipinski definition) is 1. The van der Waals surface area contributed by atoms with Gasteiger partial charge in [0.05, 0.1) is 5.54 Å². The van der Waals surface area contributed by atoms with E-state index >= 15 is 0 Å². The van der Waals surface area contributed by atoms with Gasteiger partial charge in [-0.15, -0.1) is 0 Å².